The van der Waals surface area contributed by atoms with Gasteiger partial charge in [-0.05, 0) is 44.0 Å². The molecule has 1 aliphatic rings. The zero-order valence-electron chi connectivity index (χ0n) is 15.4. The Bertz CT molecular complexity index is 755. The molecule has 1 fully saturated rings. The Balaban J connectivity index is 2.08. The maximum Gasteiger partial charge on any atom is 0.236 e. The summed E-state index contributed by atoms with van der Waals surface area (Å²) < 4.78 is 23.3. The number of rotatable bonds is 7. The van der Waals surface area contributed by atoms with E-state index in [1.165, 1.54) is 0 Å². The van der Waals surface area contributed by atoms with Crippen molar-refractivity contribution in [3.05, 3.63) is 33.8 Å². The zero-order valence-corrected chi connectivity index (χ0v) is 17.7. The van der Waals surface area contributed by atoms with Crippen LogP contribution in [-0.2, 0) is 14.6 Å². The predicted molar refractivity (Wildman–Crippen MR) is 107 cm³/mol. The highest BCUT2D eigenvalue weighted by atomic mass is 35.5. The second-order valence-corrected chi connectivity index (χ2v) is 9.92. The third kappa shape index (κ3) is 5.35. The van der Waals surface area contributed by atoms with E-state index in [0.717, 1.165) is 18.5 Å². The lowest BCUT2D eigenvalue weighted by molar-refractivity contribution is -0.133. The van der Waals surface area contributed by atoms with E-state index in [1.807, 2.05) is 19.1 Å². The van der Waals surface area contributed by atoms with Gasteiger partial charge in [0.15, 0.2) is 9.84 Å². The van der Waals surface area contributed by atoms with Gasteiger partial charge < -0.3 is 4.90 Å². The van der Waals surface area contributed by atoms with Crippen LogP contribution in [0.5, 0.6) is 0 Å². The van der Waals surface area contributed by atoms with E-state index >= 15 is 0 Å². The Morgan fingerprint density at radius 2 is 2.00 bits per heavy atom. The molecule has 0 aromatic heterocycles. The van der Waals surface area contributed by atoms with Crippen LogP contribution in [-0.4, -0.2) is 61.8 Å². The van der Waals surface area contributed by atoms with E-state index in [0.29, 0.717) is 16.5 Å². The highest BCUT2D eigenvalue weighted by Gasteiger charge is 2.33. The minimum absolute atomic E-state index is 0.00521. The summed E-state index contributed by atoms with van der Waals surface area (Å²) in [4.78, 5) is 16.4. The molecule has 1 aromatic rings. The molecule has 1 amide bonds. The lowest BCUT2D eigenvalue weighted by Gasteiger charge is -2.32. The molecule has 0 aliphatic carbocycles. The second-order valence-electron chi connectivity index (χ2n) is 6.88. The maximum atomic E-state index is 12.7. The van der Waals surface area contributed by atoms with Crippen molar-refractivity contribution in [2.75, 3.05) is 31.6 Å². The maximum absolute atomic E-state index is 12.7. The van der Waals surface area contributed by atoms with E-state index in [1.54, 1.807) is 18.0 Å². The van der Waals surface area contributed by atoms with E-state index in [4.69, 9.17) is 23.2 Å². The fraction of sp³-hybridized carbons (Fsp3) is 0.611. The molecule has 1 aromatic carbocycles. The molecule has 1 saturated heterocycles. The molecule has 1 heterocycles. The van der Waals surface area contributed by atoms with Crippen LogP contribution >= 0.6 is 23.2 Å². The summed E-state index contributed by atoms with van der Waals surface area (Å²) in [5, 5.41) is 0.995. The van der Waals surface area contributed by atoms with E-state index in [-0.39, 0.29) is 36.0 Å². The van der Waals surface area contributed by atoms with Gasteiger partial charge in [0.1, 0.15) is 0 Å². The van der Waals surface area contributed by atoms with Gasteiger partial charge in [-0.1, -0.05) is 36.2 Å². The molecule has 2 atom stereocenters. The number of hydrogen-bond acceptors (Lipinski definition) is 4. The van der Waals surface area contributed by atoms with E-state index in [9.17, 15) is 13.2 Å². The third-order valence-electron chi connectivity index (χ3n) is 4.97. The van der Waals surface area contributed by atoms with Crippen molar-refractivity contribution in [3.8, 4) is 0 Å². The van der Waals surface area contributed by atoms with Crippen molar-refractivity contribution in [1.82, 2.24) is 9.80 Å². The van der Waals surface area contributed by atoms with Gasteiger partial charge in [0, 0.05) is 19.1 Å². The summed E-state index contributed by atoms with van der Waals surface area (Å²) in [7, 11) is -1.32. The van der Waals surface area contributed by atoms with Gasteiger partial charge in [0.25, 0.3) is 0 Å². The minimum atomic E-state index is -3.02. The van der Waals surface area contributed by atoms with Crippen LogP contribution < -0.4 is 0 Å². The van der Waals surface area contributed by atoms with Crippen molar-refractivity contribution in [3.63, 3.8) is 0 Å². The molecule has 0 N–H and O–H groups in total. The van der Waals surface area contributed by atoms with Crippen LogP contribution in [0, 0.1) is 0 Å². The number of benzene rings is 1. The smallest absolute Gasteiger partial charge is 0.236 e. The molecule has 26 heavy (non-hydrogen) atoms. The van der Waals surface area contributed by atoms with Crippen molar-refractivity contribution in [2.45, 2.75) is 38.8 Å². The Morgan fingerprint density at radius 3 is 2.54 bits per heavy atom. The quantitative estimate of drug-likeness (QED) is 0.677. The second kappa shape index (κ2) is 8.91. The first kappa shape index (κ1) is 21.5. The van der Waals surface area contributed by atoms with Crippen LogP contribution in [0.3, 0.4) is 0 Å². The lowest BCUT2D eigenvalue weighted by Crippen LogP contribution is -2.44. The summed E-state index contributed by atoms with van der Waals surface area (Å²) in [6.07, 6.45) is 1.42. The Labute approximate surface area is 166 Å². The third-order valence-corrected chi connectivity index (χ3v) is 7.46. The molecule has 0 bridgehead atoms. The topological polar surface area (TPSA) is 57.7 Å². The molecular weight excluding hydrogens is 395 g/mol. The SMILES string of the molecule is CCCN(CC(=O)N(C)[C@H]1CCS(=O)(=O)C1)[C@H](C)c1ccc(Cl)c(Cl)c1. The van der Waals surface area contributed by atoms with Gasteiger partial charge in [0.2, 0.25) is 5.91 Å². The average molecular weight is 421 g/mol. The summed E-state index contributed by atoms with van der Waals surface area (Å²) in [5.41, 5.74) is 0.992. The number of carbonyl (C=O) groups is 1. The van der Waals surface area contributed by atoms with Gasteiger partial charge in [0.05, 0.1) is 28.1 Å². The molecule has 0 spiro atoms. The Morgan fingerprint density at radius 1 is 1.31 bits per heavy atom. The molecule has 2 rings (SSSR count). The van der Waals surface area contributed by atoms with Crippen molar-refractivity contribution >= 4 is 38.9 Å². The summed E-state index contributed by atoms with van der Waals surface area (Å²) >= 11 is 12.1. The number of amides is 1. The molecule has 8 heteroatoms. The van der Waals surface area contributed by atoms with Gasteiger partial charge in [-0.3, -0.25) is 9.69 Å². The largest absolute Gasteiger partial charge is 0.341 e. The number of nitrogens with zero attached hydrogens (tertiary/aromatic N) is 2. The first-order chi connectivity index (χ1) is 12.1. The van der Waals surface area contributed by atoms with E-state index in [2.05, 4.69) is 11.8 Å². The summed E-state index contributed by atoms with van der Waals surface area (Å²) in [6.45, 7) is 5.08. The Hall–Kier alpha value is -0.820. The lowest BCUT2D eigenvalue weighted by atomic mass is 10.1. The number of halogens is 2. The van der Waals surface area contributed by atoms with E-state index < -0.39 is 9.84 Å². The molecular formula is C18H26Cl2N2O3S. The number of sulfone groups is 1. The number of likely N-dealkylation sites (N-methyl/N-ethyl adjacent to an activating group) is 1. The van der Waals surface area contributed by atoms with Gasteiger partial charge in [-0.15, -0.1) is 0 Å². The van der Waals surface area contributed by atoms with Crippen LogP contribution in [0.25, 0.3) is 0 Å². The zero-order chi connectivity index (χ0) is 19.5. The fourth-order valence-electron chi connectivity index (χ4n) is 3.25. The Kier molecular flexibility index (Phi) is 7.36. The number of hydrogen-bond donors (Lipinski definition) is 0. The van der Waals surface area contributed by atoms with Gasteiger partial charge in [-0.25, -0.2) is 8.42 Å². The summed E-state index contributed by atoms with van der Waals surface area (Å²) in [5.74, 6) is 0.159. The first-order valence-electron chi connectivity index (χ1n) is 8.79. The molecule has 5 nitrogen and oxygen atoms in total. The van der Waals surface area contributed by atoms with Crippen LogP contribution in [0.15, 0.2) is 18.2 Å². The van der Waals surface area contributed by atoms with Crippen LogP contribution in [0.1, 0.15) is 38.3 Å². The van der Waals surface area contributed by atoms with Crippen molar-refractivity contribution in [1.29, 1.82) is 0 Å². The molecule has 146 valence electrons. The predicted octanol–water partition coefficient (Wildman–Crippen LogP) is 3.41. The molecule has 0 unspecified atom stereocenters. The number of carbonyl (C=O) groups excluding carboxylic acids is 1. The van der Waals surface area contributed by atoms with Crippen molar-refractivity contribution in [2.24, 2.45) is 0 Å². The molecule has 0 saturated carbocycles. The first-order valence-corrected chi connectivity index (χ1v) is 11.4. The van der Waals surface area contributed by atoms with Crippen molar-refractivity contribution < 1.29 is 13.2 Å². The summed E-state index contributed by atoms with van der Waals surface area (Å²) in [6, 6.07) is 5.27. The molecule has 1 aliphatic heterocycles. The minimum Gasteiger partial charge on any atom is -0.341 e. The standard InChI is InChI=1S/C18H26Cl2N2O3S/c1-4-8-22(13(2)14-5-6-16(19)17(20)10-14)11-18(23)21(3)15-7-9-26(24,25)12-15/h5-6,10,13,15H,4,7-9,11-12H2,1-3H3/t13-,15+/m1/s1. The average Bonchev–Trinajstić information content (AvgIpc) is 2.95. The highest BCUT2D eigenvalue weighted by molar-refractivity contribution is 7.91. The highest BCUT2D eigenvalue weighted by Crippen LogP contribution is 2.28. The fourth-order valence-corrected chi connectivity index (χ4v) is 5.33. The van der Waals surface area contributed by atoms with Crippen LogP contribution in [0.4, 0.5) is 0 Å². The molecule has 0 radical (unpaired) electrons. The van der Waals surface area contributed by atoms with Gasteiger partial charge in [-0.2, -0.15) is 0 Å². The van der Waals surface area contributed by atoms with Gasteiger partial charge >= 0.3 is 0 Å². The monoisotopic (exact) mass is 420 g/mol. The van der Waals surface area contributed by atoms with Crippen LogP contribution in [0.2, 0.25) is 10.0 Å². The normalized spacial score (nSPS) is 20.3.